The van der Waals surface area contributed by atoms with Crippen LogP contribution in [0.15, 0.2) is 18.2 Å². The van der Waals surface area contributed by atoms with Gasteiger partial charge in [0.2, 0.25) is 0 Å². The third-order valence-electron chi connectivity index (χ3n) is 3.07. The summed E-state index contributed by atoms with van der Waals surface area (Å²) in [6.45, 7) is 4.51. The van der Waals surface area contributed by atoms with E-state index >= 15 is 0 Å². The first kappa shape index (κ1) is 14.7. The fraction of sp³-hybridized carbons (Fsp3) is 0.600. The SMILES string of the molecule is CCCCc1cccc(POC)c1CCCC. The molecule has 1 nitrogen and oxygen atoms in total. The van der Waals surface area contributed by atoms with Crippen molar-refractivity contribution in [3.63, 3.8) is 0 Å². The van der Waals surface area contributed by atoms with Gasteiger partial charge in [0.1, 0.15) is 0 Å². The molecule has 0 N–H and O–H groups in total. The zero-order valence-electron chi connectivity index (χ0n) is 11.4. The molecule has 0 aromatic heterocycles. The molecule has 0 saturated heterocycles. The molecule has 2 heteroatoms. The van der Waals surface area contributed by atoms with Gasteiger partial charge in [-0.15, -0.1) is 0 Å². The minimum atomic E-state index is 0.499. The molecule has 0 amide bonds. The van der Waals surface area contributed by atoms with Crippen LogP contribution in [0, 0.1) is 0 Å². The zero-order valence-corrected chi connectivity index (χ0v) is 12.4. The van der Waals surface area contributed by atoms with Crippen molar-refractivity contribution in [2.45, 2.75) is 52.4 Å². The van der Waals surface area contributed by atoms with Crippen molar-refractivity contribution in [3.05, 3.63) is 29.3 Å². The summed E-state index contributed by atoms with van der Waals surface area (Å²) in [7, 11) is 2.29. The van der Waals surface area contributed by atoms with Crippen LogP contribution in [0.5, 0.6) is 0 Å². The lowest BCUT2D eigenvalue weighted by molar-refractivity contribution is 0.481. The highest BCUT2D eigenvalue weighted by Gasteiger charge is 2.07. The summed E-state index contributed by atoms with van der Waals surface area (Å²) >= 11 is 0. The van der Waals surface area contributed by atoms with E-state index in [9.17, 15) is 0 Å². The highest BCUT2D eigenvalue weighted by molar-refractivity contribution is 7.42. The molecule has 1 atom stereocenters. The summed E-state index contributed by atoms with van der Waals surface area (Å²) in [5.41, 5.74) is 3.10. The standard InChI is InChI=1S/C15H25OP/c1-4-6-9-13-10-8-12-15(17-16-3)14(13)11-7-5-2/h8,10,12,17H,4-7,9,11H2,1-3H3. The predicted molar refractivity (Wildman–Crippen MR) is 78.6 cm³/mol. The minimum Gasteiger partial charge on any atom is -0.361 e. The lowest BCUT2D eigenvalue weighted by Gasteiger charge is -2.14. The summed E-state index contributed by atoms with van der Waals surface area (Å²) in [5.74, 6) is 0. The second-order valence-electron chi connectivity index (χ2n) is 4.46. The van der Waals surface area contributed by atoms with Crippen molar-refractivity contribution in [1.29, 1.82) is 0 Å². The van der Waals surface area contributed by atoms with Gasteiger partial charge in [-0.2, -0.15) is 0 Å². The van der Waals surface area contributed by atoms with Crippen LogP contribution in [0.1, 0.15) is 50.7 Å². The van der Waals surface area contributed by atoms with Crippen LogP contribution in [0.3, 0.4) is 0 Å². The molecular weight excluding hydrogens is 227 g/mol. The monoisotopic (exact) mass is 252 g/mol. The Hall–Kier alpha value is -0.390. The van der Waals surface area contributed by atoms with E-state index in [0.29, 0.717) is 8.81 Å². The van der Waals surface area contributed by atoms with Crippen LogP contribution < -0.4 is 5.30 Å². The molecule has 0 aliphatic carbocycles. The fourth-order valence-corrected chi connectivity index (χ4v) is 2.88. The summed E-state index contributed by atoms with van der Waals surface area (Å²) < 4.78 is 5.34. The van der Waals surface area contributed by atoms with Gasteiger partial charge in [-0.1, -0.05) is 44.9 Å². The molecule has 0 spiro atoms. The molecule has 0 heterocycles. The first-order valence-corrected chi connectivity index (χ1v) is 7.64. The molecular formula is C15H25OP. The lowest BCUT2D eigenvalue weighted by Crippen LogP contribution is -2.09. The average Bonchev–Trinajstić information content (AvgIpc) is 2.35. The number of benzene rings is 1. The topological polar surface area (TPSA) is 9.23 Å². The number of rotatable bonds is 8. The lowest BCUT2D eigenvalue weighted by atomic mass is 9.98. The van der Waals surface area contributed by atoms with Gasteiger partial charge in [-0.05, 0) is 36.8 Å². The van der Waals surface area contributed by atoms with E-state index in [0.717, 1.165) is 0 Å². The van der Waals surface area contributed by atoms with Crippen molar-refractivity contribution < 1.29 is 4.52 Å². The van der Waals surface area contributed by atoms with Gasteiger partial charge in [-0.25, -0.2) is 0 Å². The van der Waals surface area contributed by atoms with E-state index < -0.39 is 0 Å². The fourth-order valence-electron chi connectivity index (χ4n) is 2.09. The molecule has 0 fully saturated rings. The Morgan fingerprint density at radius 1 is 1.06 bits per heavy atom. The van der Waals surface area contributed by atoms with E-state index in [1.165, 1.54) is 43.8 Å². The smallest absolute Gasteiger partial charge is 0.0459 e. The number of hydrogen-bond donors (Lipinski definition) is 0. The van der Waals surface area contributed by atoms with E-state index in [-0.39, 0.29) is 0 Å². The minimum absolute atomic E-state index is 0.499. The molecule has 0 saturated carbocycles. The van der Waals surface area contributed by atoms with Crippen LogP contribution in [0.25, 0.3) is 0 Å². The van der Waals surface area contributed by atoms with E-state index in [1.54, 1.807) is 18.2 Å². The van der Waals surface area contributed by atoms with Crippen molar-refractivity contribution in [1.82, 2.24) is 0 Å². The Balaban J connectivity index is 2.87. The predicted octanol–water partition coefficient (Wildman–Crippen LogP) is 4.24. The van der Waals surface area contributed by atoms with Crippen LogP contribution in [-0.4, -0.2) is 7.11 Å². The highest BCUT2D eigenvalue weighted by Crippen LogP contribution is 2.20. The Morgan fingerprint density at radius 3 is 2.41 bits per heavy atom. The molecule has 1 aromatic carbocycles. The normalized spacial score (nSPS) is 11.5. The Labute approximate surface area is 108 Å². The van der Waals surface area contributed by atoms with Crippen molar-refractivity contribution in [2.75, 3.05) is 7.11 Å². The molecule has 0 aliphatic rings. The molecule has 1 rings (SSSR count). The largest absolute Gasteiger partial charge is 0.361 e. The van der Waals surface area contributed by atoms with Crippen molar-refractivity contribution in [3.8, 4) is 0 Å². The van der Waals surface area contributed by atoms with Gasteiger partial charge in [0.15, 0.2) is 0 Å². The van der Waals surface area contributed by atoms with Gasteiger partial charge < -0.3 is 4.52 Å². The summed E-state index contributed by atoms with van der Waals surface area (Å²) in [6.07, 6.45) is 7.53. The molecule has 0 radical (unpaired) electrons. The zero-order chi connectivity index (χ0) is 12.5. The van der Waals surface area contributed by atoms with Gasteiger partial charge in [0.25, 0.3) is 0 Å². The van der Waals surface area contributed by atoms with Crippen LogP contribution in [-0.2, 0) is 17.4 Å². The first-order chi connectivity index (χ1) is 8.33. The molecule has 96 valence electrons. The molecule has 0 aliphatic heterocycles. The maximum Gasteiger partial charge on any atom is 0.0459 e. The summed E-state index contributed by atoms with van der Waals surface area (Å²) in [6, 6.07) is 6.70. The van der Waals surface area contributed by atoms with Crippen LogP contribution in [0.2, 0.25) is 0 Å². The molecule has 1 aromatic rings. The number of hydrogen-bond acceptors (Lipinski definition) is 1. The van der Waals surface area contributed by atoms with E-state index in [4.69, 9.17) is 4.52 Å². The highest BCUT2D eigenvalue weighted by atomic mass is 31.1. The quantitative estimate of drug-likeness (QED) is 0.629. The van der Waals surface area contributed by atoms with Crippen molar-refractivity contribution in [2.24, 2.45) is 0 Å². The number of aryl methyl sites for hydroxylation is 1. The maximum atomic E-state index is 5.34. The van der Waals surface area contributed by atoms with Gasteiger partial charge in [0.05, 0.1) is 0 Å². The Bertz CT molecular complexity index is 323. The van der Waals surface area contributed by atoms with Crippen molar-refractivity contribution >= 4 is 14.1 Å². The first-order valence-electron chi connectivity index (χ1n) is 6.73. The summed E-state index contributed by atoms with van der Waals surface area (Å²) in [4.78, 5) is 0. The second-order valence-corrected chi connectivity index (χ2v) is 5.61. The van der Waals surface area contributed by atoms with Gasteiger partial charge in [-0.3, -0.25) is 0 Å². The Kier molecular flexibility index (Phi) is 7.48. The summed E-state index contributed by atoms with van der Waals surface area (Å²) in [5, 5.41) is 1.41. The van der Waals surface area contributed by atoms with E-state index in [2.05, 4.69) is 32.0 Å². The van der Waals surface area contributed by atoms with E-state index in [1.807, 2.05) is 0 Å². The number of unbranched alkanes of at least 4 members (excludes halogenated alkanes) is 2. The second kappa shape index (κ2) is 8.66. The van der Waals surface area contributed by atoms with Gasteiger partial charge >= 0.3 is 0 Å². The maximum absolute atomic E-state index is 5.34. The van der Waals surface area contributed by atoms with Gasteiger partial charge in [0, 0.05) is 21.2 Å². The average molecular weight is 252 g/mol. The molecule has 1 unspecified atom stereocenters. The third-order valence-corrected chi connectivity index (χ3v) is 3.96. The third kappa shape index (κ3) is 4.77. The molecule has 17 heavy (non-hydrogen) atoms. The van der Waals surface area contributed by atoms with Crippen LogP contribution in [0.4, 0.5) is 0 Å². The van der Waals surface area contributed by atoms with Crippen LogP contribution >= 0.6 is 8.81 Å². The Morgan fingerprint density at radius 2 is 1.76 bits per heavy atom. The molecule has 0 bridgehead atoms.